The van der Waals surface area contributed by atoms with E-state index in [0.717, 1.165) is 17.5 Å². The molecule has 0 aliphatic carbocycles. The van der Waals surface area contributed by atoms with Crippen LogP contribution in [0.5, 0.6) is 0 Å². The Morgan fingerprint density at radius 2 is 1.53 bits per heavy atom. The zero-order chi connectivity index (χ0) is 26.1. The zero-order valence-corrected chi connectivity index (χ0v) is 19.5. The Kier molecular flexibility index (Phi) is 6.98. The molecule has 4 aromatic rings. The molecular formula is C24H15ClF7N3S. The van der Waals surface area contributed by atoms with Crippen molar-refractivity contribution >= 4 is 28.1 Å². The number of alkyl halides is 6. The molecule has 1 N–H and O–H groups in total. The number of halogens is 8. The molecule has 1 atom stereocenters. The summed E-state index contributed by atoms with van der Waals surface area (Å²) in [6, 6.07) is 13.3. The van der Waals surface area contributed by atoms with Crippen LogP contribution in [0, 0.1) is 5.82 Å². The van der Waals surface area contributed by atoms with E-state index in [1.807, 2.05) is 0 Å². The molecule has 2 aromatic heterocycles. The number of anilines is 1. The predicted molar refractivity (Wildman–Crippen MR) is 122 cm³/mol. The van der Waals surface area contributed by atoms with Crippen LogP contribution in [0.4, 0.5) is 35.9 Å². The molecule has 0 aliphatic rings. The van der Waals surface area contributed by atoms with Crippen molar-refractivity contribution in [2.75, 3.05) is 5.32 Å². The second-order valence-corrected chi connectivity index (χ2v) is 9.11. The fourth-order valence-corrected chi connectivity index (χ4v) is 4.60. The van der Waals surface area contributed by atoms with Crippen LogP contribution in [0.3, 0.4) is 0 Å². The lowest BCUT2D eigenvalue weighted by Crippen LogP contribution is -2.40. The fraction of sp³-hybridized carbons (Fsp3) is 0.167. The van der Waals surface area contributed by atoms with Gasteiger partial charge in [-0.1, -0.05) is 41.9 Å². The van der Waals surface area contributed by atoms with Gasteiger partial charge in [0.15, 0.2) is 10.8 Å². The highest BCUT2D eigenvalue weighted by Gasteiger charge is 2.41. The van der Waals surface area contributed by atoms with Crippen LogP contribution in [0.1, 0.15) is 28.1 Å². The lowest BCUT2D eigenvalue weighted by Gasteiger charge is -2.36. The molecule has 0 fully saturated rings. The van der Waals surface area contributed by atoms with Crippen molar-refractivity contribution in [3.63, 3.8) is 0 Å². The molecule has 0 aliphatic heterocycles. The van der Waals surface area contributed by atoms with E-state index in [1.165, 1.54) is 18.3 Å². The first kappa shape index (κ1) is 25.9. The van der Waals surface area contributed by atoms with E-state index in [1.54, 1.807) is 30.3 Å². The van der Waals surface area contributed by atoms with Gasteiger partial charge in [-0.05, 0) is 41.5 Å². The van der Waals surface area contributed by atoms with Crippen molar-refractivity contribution in [1.29, 1.82) is 0 Å². The number of nitrogens with zero attached hydrogens (tertiary/aromatic N) is 2. The second-order valence-electron chi connectivity index (χ2n) is 7.82. The Hall–Kier alpha value is -3.18. The summed E-state index contributed by atoms with van der Waals surface area (Å²) in [6.45, 7) is 0. The predicted octanol–water partition coefficient (Wildman–Crippen LogP) is 7.97. The number of rotatable bonds is 6. The van der Waals surface area contributed by atoms with E-state index in [0.29, 0.717) is 23.0 Å². The average molecular weight is 546 g/mol. The maximum Gasteiger partial charge on any atom is 0.434 e. The molecule has 0 saturated heterocycles. The minimum absolute atomic E-state index is 0.0956. The quantitative estimate of drug-likeness (QED) is 0.250. The first-order valence-corrected chi connectivity index (χ1v) is 11.5. The van der Waals surface area contributed by atoms with E-state index >= 15 is 0 Å². The Labute approximate surface area is 209 Å². The molecule has 4 rings (SSSR count). The Morgan fingerprint density at radius 3 is 2.11 bits per heavy atom. The minimum atomic E-state index is -4.88. The zero-order valence-electron chi connectivity index (χ0n) is 18.0. The van der Waals surface area contributed by atoms with Crippen molar-refractivity contribution in [1.82, 2.24) is 9.97 Å². The van der Waals surface area contributed by atoms with Gasteiger partial charge in [0.05, 0.1) is 16.3 Å². The van der Waals surface area contributed by atoms with Crippen molar-refractivity contribution in [3.05, 3.63) is 111 Å². The van der Waals surface area contributed by atoms with Gasteiger partial charge in [0.1, 0.15) is 11.4 Å². The number of thiazole rings is 1. The monoisotopic (exact) mass is 545 g/mol. The average Bonchev–Trinajstić information content (AvgIpc) is 3.28. The third kappa shape index (κ3) is 5.62. The van der Waals surface area contributed by atoms with Gasteiger partial charge in [-0.25, -0.2) is 9.37 Å². The number of pyridine rings is 1. The highest BCUT2D eigenvalue weighted by molar-refractivity contribution is 7.13. The highest BCUT2D eigenvalue weighted by Crippen LogP contribution is 2.41. The molecule has 188 valence electrons. The van der Waals surface area contributed by atoms with E-state index in [9.17, 15) is 30.7 Å². The van der Waals surface area contributed by atoms with Gasteiger partial charge in [-0.2, -0.15) is 26.3 Å². The molecule has 0 unspecified atom stereocenters. The standard InChI is InChI=1S/C24H15ClF7N3S/c25-17-6-7-19(33-12-17)22(11-14-4-2-1-3-5-14,35-21-34-20(13-36-21)24(30,31)32)15-8-16(23(27,28)29)10-18(26)9-15/h1-10,12-13H,11H2,(H,34,35)/t22-/m0/s1. The van der Waals surface area contributed by atoms with Crippen LogP contribution >= 0.6 is 22.9 Å². The van der Waals surface area contributed by atoms with Crippen molar-refractivity contribution < 1.29 is 30.7 Å². The Morgan fingerprint density at radius 1 is 0.833 bits per heavy atom. The molecule has 3 nitrogen and oxygen atoms in total. The third-order valence-electron chi connectivity index (χ3n) is 5.31. The van der Waals surface area contributed by atoms with Gasteiger partial charge in [0, 0.05) is 18.0 Å². The van der Waals surface area contributed by atoms with Gasteiger partial charge in [0.2, 0.25) is 0 Å². The molecule has 2 heterocycles. The van der Waals surface area contributed by atoms with E-state index < -0.39 is 35.0 Å². The summed E-state index contributed by atoms with van der Waals surface area (Å²) in [7, 11) is 0. The van der Waals surface area contributed by atoms with Gasteiger partial charge in [-0.15, -0.1) is 11.3 Å². The topological polar surface area (TPSA) is 37.8 Å². The maximum absolute atomic E-state index is 14.6. The highest BCUT2D eigenvalue weighted by atomic mass is 35.5. The lowest BCUT2D eigenvalue weighted by atomic mass is 9.80. The number of hydrogen-bond donors (Lipinski definition) is 1. The Balaban J connectivity index is 1.98. The molecule has 0 radical (unpaired) electrons. The van der Waals surface area contributed by atoms with Gasteiger partial charge in [-0.3, -0.25) is 4.98 Å². The lowest BCUT2D eigenvalue weighted by molar-refractivity contribution is -0.140. The minimum Gasteiger partial charge on any atom is -0.346 e. The van der Waals surface area contributed by atoms with Crippen molar-refractivity contribution in [3.8, 4) is 0 Å². The largest absolute Gasteiger partial charge is 0.434 e. The third-order valence-corrected chi connectivity index (χ3v) is 6.29. The number of aromatic nitrogens is 2. The van der Waals surface area contributed by atoms with E-state index in [2.05, 4.69) is 15.3 Å². The SMILES string of the molecule is Fc1cc(C(F)(F)F)cc([C@](Cc2ccccc2)(Nc2nc(C(F)(F)F)cs2)c2ccc(Cl)cn2)c1. The van der Waals surface area contributed by atoms with Gasteiger partial charge < -0.3 is 5.32 Å². The van der Waals surface area contributed by atoms with Crippen LogP contribution in [-0.4, -0.2) is 9.97 Å². The molecular weight excluding hydrogens is 531 g/mol. The van der Waals surface area contributed by atoms with Crippen LogP contribution < -0.4 is 5.32 Å². The van der Waals surface area contributed by atoms with Gasteiger partial charge in [0.25, 0.3) is 0 Å². The number of benzene rings is 2. The van der Waals surface area contributed by atoms with Crippen LogP contribution in [0.15, 0.2) is 72.2 Å². The summed E-state index contributed by atoms with van der Waals surface area (Å²) in [4.78, 5) is 7.84. The summed E-state index contributed by atoms with van der Waals surface area (Å²) in [6.07, 6.45) is -8.48. The first-order valence-electron chi connectivity index (χ1n) is 10.2. The summed E-state index contributed by atoms with van der Waals surface area (Å²) in [5.74, 6) is -1.18. The van der Waals surface area contributed by atoms with E-state index in [-0.39, 0.29) is 27.8 Å². The molecule has 0 amide bonds. The normalized spacial score (nSPS) is 13.9. The molecule has 0 saturated carbocycles. The molecule has 0 bridgehead atoms. The molecule has 0 spiro atoms. The summed E-state index contributed by atoms with van der Waals surface area (Å²) < 4.78 is 95.1. The molecule has 36 heavy (non-hydrogen) atoms. The summed E-state index contributed by atoms with van der Waals surface area (Å²) in [5, 5.41) is 3.61. The molecule has 2 aromatic carbocycles. The summed E-state index contributed by atoms with van der Waals surface area (Å²) in [5.41, 5.74) is -3.72. The van der Waals surface area contributed by atoms with Crippen molar-refractivity contribution in [2.45, 2.75) is 24.3 Å². The first-order chi connectivity index (χ1) is 16.9. The fourth-order valence-electron chi connectivity index (χ4n) is 3.69. The Bertz CT molecular complexity index is 1340. The molecule has 12 heteroatoms. The summed E-state index contributed by atoms with van der Waals surface area (Å²) >= 11 is 6.57. The smallest absolute Gasteiger partial charge is 0.346 e. The van der Waals surface area contributed by atoms with Crippen LogP contribution in [0.2, 0.25) is 5.02 Å². The van der Waals surface area contributed by atoms with E-state index in [4.69, 9.17) is 11.6 Å². The van der Waals surface area contributed by atoms with Crippen molar-refractivity contribution in [2.24, 2.45) is 0 Å². The maximum atomic E-state index is 14.6. The van der Waals surface area contributed by atoms with Gasteiger partial charge >= 0.3 is 12.4 Å². The number of hydrogen-bond acceptors (Lipinski definition) is 4. The van der Waals surface area contributed by atoms with Crippen LogP contribution in [-0.2, 0) is 24.3 Å². The number of nitrogens with one attached hydrogen (secondary N) is 1. The van der Waals surface area contributed by atoms with Crippen LogP contribution in [0.25, 0.3) is 0 Å². The second kappa shape index (κ2) is 9.70.